The second kappa shape index (κ2) is 9.00. The molecule has 3 rings (SSSR count). The molecule has 0 unspecified atom stereocenters. The Morgan fingerprint density at radius 3 is 2.37 bits per heavy atom. The predicted molar refractivity (Wildman–Crippen MR) is 112 cm³/mol. The van der Waals surface area contributed by atoms with Crippen LogP contribution in [0.3, 0.4) is 0 Å². The molecule has 0 spiro atoms. The van der Waals surface area contributed by atoms with Crippen LogP contribution in [0.4, 0.5) is 5.69 Å². The molecule has 0 radical (unpaired) electrons. The van der Waals surface area contributed by atoms with Gasteiger partial charge in [0.05, 0.1) is 6.20 Å². The molecule has 0 aliphatic carbocycles. The van der Waals surface area contributed by atoms with Crippen molar-refractivity contribution in [2.24, 2.45) is 0 Å². The summed E-state index contributed by atoms with van der Waals surface area (Å²) in [5, 5.41) is 3.08. The molecule has 1 N–H and O–H groups in total. The fourth-order valence-corrected chi connectivity index (χ4v) is 3.26. The number of nitrogens with zero attached hydrogens (tertiary/aromatic N) is 1. The van der Waals surface area contributed by atoms with E-state index in [1.165, 1.54) is 0 Å². The van der Waals surface area contributed by atoms with Gasteiger partial charge in [0.2, 0.25) is 5.91 Å². The fourth-order valence-electron chi connectivity index (χ4n) is 3.00. The van der Waals surface area contributed by atoms with E-state index in [4.69, 9.17) is 4.42 Å². The summed E-state index contributed by atoms with van der Waals surface area (Å²) in [6, 6.07) is 14.0. The number of hydrogen-bond donors (Lipinski definition) is 1. The molecular formula is C22H23BrN2O2. The number of aromatic nitrogens is 1. The Balaban J connectivity index is 1.63. The molecule has 3 aromatic rings. The van der Waals surface area contributed by atoms with Crippen molar-refractivity contribution >= 4 is 27.5 Å². The summed E-state index contributed by atoms with van der Waals surface area (Å²) in [6.45, 7) is 4.20. The van der Waals surface area contributed by atoms with Crippen LogP contribution in [0.1, 0.15) is 37.3 Å². The molecule has 0 saturated carbocycles. The average molecular weight is 427 g/mol. The summed E-state index contributed by atoms with van der Waals surface area (Å²) in [7, 11) is 0. The molecule has 0 aliphatic rings. The Morgan fingerprint density at radius 2 is 1.74 bits per heavy atom. The van der Waals surface area contributed by atoms with Crippen molar-refractivity contribution in [1.29, 1.82) is 0 Å². The Bertz CT molecular complexity index is 894. The van der Waals surface area contributed by atoms with Crippen molar-refractivity contribution in [2.45, 2.75) is 39.5 Å². The lowest BCUT2D eigenvalue weighted by atomic mass is 10.0. The van der Waals surface area contributed by atoms with E-state index in [1.807, 2.05) is 30.3 Å². The number of oxazole rings is 1. The third kappa shape index (κ3) is 4.86. The van der Waals surface area contributed by atoms with Crippen molar-refractivity contribution in [3.8, 4) is 11.3 Å². The van der Waals surface area contributed by atoms with Gasteiger partial charge in [0, 0.05) is 28.6 Å². The highest BCUT2D eigenvalue weighted by atomic mass is 79.9. The summed E-state index contributed by atoms with van der Waals surface area (Å²) >= 11 is 3.42. The molecule has 4 nitrogen and oxygen atoms in total. The van der Waals surface area contributed by atoms with Gasteiger partial charge in [-0.15, -0.1) is 0 Å². The second-order valence-electron chi connectivity index (χ2n) is 6.33. The normalized spacial score (nSPS) is 10.8. The fraction of sp³-hybridized carbons (Fsp3) is 0.273. The summed E-state index contributed by atoms with van der Waals surface area (Å²) in [4.78, 5) is 16.8. The number of aryl methyl sites for hydroxylation is 3. The standard InChI is InChI=1S/C22H23BrN2O2/c1-3-15-6-5-7-16(4-2)22(15)25-20(26)12-13-21-24-14-19(27-21)17-8-10-18(23)11-9-17/h5-11,14H,3-4,12-13H2,1-2H3,(H,25,26). The third-order valence-electron chi connectivity index (χ3n) is 4.51. The first-order valence-corrected chi connectivity index (χ1v) is 10.0. The van der Waals surface area contributed by atoms with Gasteiger partial charge in [-0.1, -0.05) is 60.1 Å². The van der Waals surface area contributed by atoms with E-state index in [0.717, 1.165) is 39.7 Å². The van der Waals surface area contributed by atoms with Gasteiger partial charge < -0.3 is 9.73 Å². The molecule has 0 bridgehead atoms. The number of carbonyl (C=O) groups is 1. The number of nitrogens with one attached hydrogen (secondary N) is 1. The minimum Gasteiger partial charge on any atom is -0.441 e. The van der Waals surface area contributed by atoms with E-state index in [2.05, 4.69) is 52.2 Å². The first-order chi connectivity index (χ1) is 13.1. The Kier molecular flexibility index (Phi) is 6.45. The van der Waals surface area contributed by atoms with Crippen LogP contribution in [0.25, 0.3) is 11.3 Å². The van der Waals surface area contributed by atoms with Crippen LogP contribution in [0.15, 0.2) is 57.6 Å². The molecule has 140 valence electrons. The summed E-state index contributed by atoms with van der Waals surface area (Å²) in [5.41, 5.74) is 4.24. The lowest BCUT2D eigenvalue weighted by molar-refractivity contribution is -0.116. The van der Waals surface area contributed by atoms with E-state index in [1.54, 1.807) is 6.20 Å². The smallest absolute Gasteiger partial charge is 0.224 e. The van der Waals surface area contributed by atoms with Gasteiger partial charge in [-0.05, 0) is 36.1 Å². The SMILES string of the molecule is CCc1cccc(CC)c1NC(=O)CCc1ncc(-c2ccc(Br)cc2)o1. The maximum atomic E-state index is 12.5. The van der Waals surface area contributed by atoms with Crippen LogP contribution in [0, 0.1) is 0 Å². The minimum absolute atomic E-state index is 0.0195. The van der Waals surface area contributed by atoms with Crippen LogP contribution >= 0.6 is 15.9 Å². The highest BCUT2D eigenvalue weighted by Crippen LogP contribution is 2.24. The van der Waals surface area contributed by atoms with E-state index in [9.17, 15) is 4.79 Å². The van der Waals surface area contributed by atoms with Crippen molar-refractivity contribution in [3.63, 3.8) is 0 Å². The number of benzene rings is 2. The van der Waals surface area contributed by atoms with Gasteiger partial charge in [0.15, 0.2) is 11.7 Å². The largest absolute Gasteiger partial charge is 0.441 e. The predicted octanol–water partition coefficient (Wildman–Crippen LogP) is 5.80. The molecule has 1 amide bonds. The summed E-state index contributed by atoms with van der Waals surface area (Å²) in [6.07, 6.45) is 4.29. The van der Waals surface area contributed by atoms with Gasteiger partial charge in [-0.25, -0.2) is 4.98 Å². The van der Waals surface area contributed by atoms with Gasteiger partial charge in [-0.2, -0.15) is 0 Å². The first kappa shape index (κ1) is 19.4. The Morgan fingerprint density at radius 1 is 1.07 bits per heavy atom. The van der Waals surface area contributed by atoms with Gasteiger partial charge in [-0.3, -0.25) is 4.79 Å². The molecule has 1 aromatic heterocycles. The lowest BCUT2D eigenvalue weighted by Gasteiger charge is -2.14. The molecule has 27 heavy (non-hydrogen) atoms. The number of halogens is 1. The van der Waals surface area contributed by atoms with E-state index < -0.39 is 0 Å². The van der Waals surface area contributed by atoms with Gasteiger partial charge in [0.25, 0.3) is 0 Å². The Labute approximate surface area is 168 Å². The molecule has 1 heterocycles. The van der Waals surface area contributed by atoms with Crippen molar-refractivity contribution in [2.75, 3.05) is 5.32 Å². The number of carbonyl (C=O) groups excluding carboxylic acids is 1. The molecule has 0 atom stereocenters. The zero-order valence-electron chi connectivity index (χ0n) is 15.6. The van der Waals surface area contributed by atoms with Gasteiger partial charge in [0.1, 0.15) is 0 Å². The average Bonchev–Trinajstić information content (AvgIpc) is 3.16. The van der Waals surface area contributed by atoms with Gasteiger partial charge >= 0.3 is 0 Å². The minimum atomic E-state index is -0.0195. The number of para-hydroxylation sites is 1. The highest BCUT2D eigenvalue weighted by Gasteiger charge is 2.12. The molecule has 0 fully saturated rings. The second-order valence-corrected chi connectivity index (χ2v) is 7.25. The number of amides is 1. The van der Waals surface area contributed by atoms with Crippen LogP contribution in [0.2, 0.25) is 0 Å². The molecular weight excluding hydrogens is 404 g/mol. The van der Waals surface area contributed by atoms with Crippen LogP contribution in [-0.4, -0.2) is 10.9 Å². The third-order valence-corrected chi connectivity index (χ3v) is 5.04. The van der Waals surface area contributed by atoms with E-state index in [-0.39, 0.29) is 5.91 Å². The quantitative estimate of drug-likeness (QED) is 0.519. The van der Waals surface area contributed by atoms with Crippen LogP contribution in [-0.2, 0) is 24.1 Å². The first-order valence-electron chi connectivity index (χ1n) is 9.22. The van der Waals surface area contributed by atoms with E-state index >= 15 is 0 Å². The maximum Gasteiger partial charge on any atom is 0.224 e. The van der Waals surface area contributed by atoms with Crippen molar-refractivity contribution in [1.82, 2.24) is 4.98 Å². The zero-order chi connectivity index (χ0) is 19.2. The zero-order valence-corrected chi connectivity index (χ0v) is 17.2. The topological polar surface area (TPSA) is 55.1 Å². The van der Waals surface area contributed by atoms with Crippen molar-refractivity contribution in [3.05, 3.63) is 70.2 Å². The molecule has 2 aromatic carbocycles. The molecule has 5 heteroatoms. The highest BCUT2D eigenvalue weighted by molar-refractivity contribution is 9.10. The number of hydrogen-bond acceptors (Lipinski definition) is 3. The Hall–Kier alpha value is -2.40. The number of anilines is 1. The molecule has 0 aliphatic heterocycles. The van der Waals surface area contributed by atoms with Crippen LogP contribution < -0.4 is 5.32 Å². The number of rotatable bonds is 7. The van der Waals surface area contributed by atoms with Crippen molar-refractivity contribution < 1.29 is 9.21 Å². The van der Waals surface area contributed by atoms with E-state index in [0.29, 0.717) is 24.5 Å². The molecule has 0 saturated heterocycles. The maximum absolute atomic E-state index is 12.5. The lowest BCUT2D eigenvalue weighted by Crippen LogP contribution is -2.15. The van der Waals surface area contributed by atoms with Crippen LogP contribution in [0.5, 0.6) is 0 Å². The summed E-state index contributed by atoms with van der Waals surface area (Å²) in [5.74, 6) is 1.26. The summed E-state index contributed by atoms with van der Waals surface area (Å²) < 4.78 is 6.81. The monoisotopic (exact) mass is 426 g/mol.